The number of carbonyl (C=O) groups excluding carboxylic acids is 4. The van der Waals surface area contributed by atoms with E-state index in [4.69, 9.17) is 5.73 Å². The van der Waals surface area contributed by atoms with Crippen LogP contribution in [-0.2, 0) is 30.5 Å². The van der Waals surface area contributed by atoms with E-state index in [1.165, 1.54) is 27.7 Å². The zero-order chi connectivity index (χ0) is 32.4. The number of aliphatic carboxylic acids is 1. The van der Waals surface area contributed by atoms with Crippen LogP contribution < -0.4 is 21.7 Å². The Labute approximate surface area is 263 Å². The molecule has 0 saturated carbocycles. The molecule has 4 aliphatic heterocycles. The SMILES string of the molecule is C[C@H]1C(S[C@@H]2CN[C@H](C(=O)N3CCC(C(=O)NCC(O)CN)CC3)C2)=C(C(=O)O)N2C(=O)[C@H]([C@@H](C)NC(=O)Cn3cnnn3)C12. The molecule has 0 bridgehead atoms. The average Bonchev–Trinajstić information content (AvgIpc) is 3.75. The molecular formula is C27H40N10O7S. The Morgan fingerprint density at radius 2 is 1.98 bits per heavy atom. The van der Waals surface area contributed by atoms with Crippen LogP contribution in [0.25, 0.3) is 0 Å². The van der Waals surface area contributed by atoms with E-state index in [9.17, 15) is 34.2 Å². The van der Waals surface area contributed by atoms with Gasteiger partial charge in [-0.2, -0.15) is 0 Å². The Bertz CT molecular complexity index is 1330. The number of rotatable bonds is 12. The summed E-state index contributed by atoms with van der Waals surface area (Å²) in [6, 6.07) is -1.37. The van der Waals surface area contributed by atoms with Crippen LogP contribution in [0, 0.1) is 17.8 Å². The van der Waals surface area contributed by atoms with Gasteiger partial charge in [-0.1, -0.05) is 6.92 Å². The number of likely N-dealkylation sites (tertiary alicyclic amines) is 1. The molecule has 45 heavy (non-hydrogen) atoms. The summed E-state index contributed by atoms with van der Waals surface area (Å²) in [4.78, 5) is 67.5. The molecule has 0 aromatic carbocycles. The predicted octanol–water partition coefficient (Wildman–Crippen LogP) is -2.91. The van der Waals surface area contributed by atoms with E-state index in [-0.39, 0.29) is 66.0 Å². The lowest BCUT2D eigenvalue weighted by molar-refractivity contribution is -0.158. The number of nitrogens with one attached hydrogen (secondary N) is 3. The number of carboxylic acid groups (broad SMARTS) is 1. The topological polar surface area (TPSA) is 238 Å². The number of β-lactam (4-membered cyclic amide) rings is 1. The first-order valence-corrected chi connectivity index (χ1v) is 16.0. The summed E-state index contributed by atoms with van der Waals surface area (Å²) >= 11 is 1.40. The maximum absolute atomic E-state index is 13.3. The second-order valence-electron chi connectivity index (χ2n) is 12.1. The minimum absolute atomic E-state index is 0.0277. The molecule has 4 amide bonds. The number of tetrazole rings is 1. The van der Waals surface area contributed by atoms with Gasteiger partial charge in [0.25, 0.3) is 0 Å². The molecule has 2 unspecified atom stereocenters. The van der Waals surface area contributed by atoms with Gasteiger partial charge in [-0.25, -0.2) is 9.48 Å². The molecule has 5 heterocycles. The maximum Gasteiger partial charge on any atom is 0.353 e. The number of hydrogen-bond donors (Lipinski definition) is 6. The third kappa shape index (κ3) is 6.83. The van der Waals surface area contributed by atoms with Crippen molar-refractivity contribution in [3.63, 3.8) is 0 Å². The van der Waals surface area contributed by atoms with Crippen molar-refractivity contribution in [1.82, 2.24) is 46.0 Å². The molecule has 1 aromatic rings. The molecule has 0 aliphatic carbocycles. The summed E-state index contributed by atoms with van der Waals surface area (Å²) in [5, 5.41) is 39.1. The first kappa shape index (κ1) is 32.8. The number of nitrogens with zero attached hydrogens (tertiary/aromatic N) is 6. The molecule has 4 aliphatic rings. The smallest absolute Gasteiger partial charge is 0.353 e. The number of nitrogens with two attached hydrogens (primary N) is 1. The fourth-order valence-electron chi connectivity index (χ4n) is 6.68. The molecular weight excluding hydrogens is 608 g/mol. The Hall–Kier alpha value is -3.61. The van der Waals surface area contributed by atoms with Gasteiger partial charge in [0.1, 0.15) is 18.6 Å². The van der Waals surface area contributed by atoms with Crippen LogP contribution in [0.5, 0.6) is 0 Å². The number of thioether (sulfide) groups is 1. The molecule has 18 heteroatoms. The van der Waals surface area contributed by atoms with Gasteiger partial charge in [0.2, 0.25) is 23.6 Å². The lowest BCUT2D eigenvalue weighted by atomic mass is 9.78. The molecule has 17 nitrogen and oxygen atoms in total. The Morgan fingerprint density at radius 3 is 2.62 bits per heavy atom. The molecule has 7 N–H and O–H groups in total. The third-order valence-electron chi connectivity index (χ3n) is 9.06. The fraction of sp³-hybridized carbons (Fsp3) is 0.704. The van der Waals surface area contributed by atoms with Crippen molar-refractivity contribution in [1.29, 1.82) is 0 Å². The van der Waals surface area contributed by atoms with Crippen LogP contribution in [0.3, 0.4) is 0 Å². The van der Waals surface area contributed by atoms with E-state index in [1.54, 1.807) is 11.8 Å². The number of piperidine rings is 1. The van der Waals surface area contributed by atoms with E-state index >= 15 is 0 Å². The summed E-state index contributed by atoms with van der Waals surface area (Å²) in [7, 11) is 0. The van der Waals surface area contributed by atoms with Crippen molar-refractivity contribution in [3.8, 4) is 0 Å². The van der Waals surface area contributed by atoms with Gasteiger partial charge >= 0.3 is 5.97 Å². The lowest BCUT2D eigenvalue weighted by Crippen LogP contribution is -2.66. The Balaban J connectivity index is 1.14. The molecule has 3 fully saturated rings. The highest BCUT2D eigenvalue weighted by Gasteiger charge is 2.60. The van der Waals surface area contributed by atoms with Crippen molar-refractivity contribution >= 4 is 41.4 Å². The monoisotopic (exact) mass is 648 g/mol. The van der Waals surface area contributed by atoms with Crippen molar-refractivity contribution < 1.29 is 34.2 Å². The van der Waals surface area contributed by atoms with Crippen molar-refractivity contribution in [2.75, 3.05) is 32.7 Å². The second-order valence-corrected chi connectivity index (χ2v) is 13.4. The zero-order valence-corrected chi connectivity index (χ0v) is 26.0. The van der Waals surface area contributed by atoms with Crippen molar-refractivity contribution in [2.24, 2.45) is 23.5 Å². The Kier molecular flexibility index (Phi) is 10.0. The minimum atomic E-state index is -1.18. The molecule has 1 aromatic heterocycles. The number of aliphatic hydroxyl groups excluding tert-OH is 1. The van der Waals surface area contributed by atoms with E-state index in [0.29, 0.717) is 43.8 Å². The summed E-state index contributed by atoms with van der Waals surface area (Å²) in [5.41, 5.74) is 5.36. The zero-order valence-electron chi connectivity index (χ0n) is 25.2. The first-order chi connectivity index (χ1) is 21.5. The van der Waals surface area contributed by atoms with Gasteiger partial charge in [0.15, 0.2) is 0 Å². The van der Waals surface area contributed by atoms with Crippen molar-refractivity contribution in [3.05, 3.63) is 16.9 Å². The largest absolute Gasteiger partial charge is 0.477 e. The summed E-state index contributed by atoms with van der Waals surface area (Å²) in [6.07, 6.45) is 2.07. The number of carbonyl (C=O) groups is 5. The molecule has 246 valence electrons. The maximum atomic E-state index is 13.3. The van der Waals surface area contributed by atoms with Crippen LogP contribution in [-0.4, -0.2) is 132 Å². The molecule has 0 spiro atoms. The predicted molar refractivity (Wildman–Crippen MR) is 159 cm³/mol. The fourth-order valence-corrected chi connectivity index (χ4v) is 8.15. The van der Waals surface area contributed by atoms with Gasteiger partial charge in [0.05, 0.1) is 24.1 Å². The molecule has 5 rings (SSSR count). The van der Waals surface area contributed by atoms with E-state index in [1.807, 2.05) is 6.92 Å². The van der Waals surface area contributed by atoms with Gasteiger partial charge in [-0.15, -0.1) is 16.9 Å². The van der Waals surface area contributed by atoms with Gasteiger partial charge in [-0.3, -0.25) is 19.2 Å². The average molecular weight is 649 g/mol. The number of hydrogen-bond acceptors (Lipinski definition) is 12. The van der Waals surface area contributed by atoms with Crippen LogP contribution in [0.15, 0.2) is 16.9 Å². The van der Waals surface area contributed by atoms with E-state index < -0.39 is 36.1 Å². The van der Waals surface area contributed by atoms with Crippen LogP contribution >= 0.6 is 11.8 Å². The van der Waals surface area contributed by atoms with Crippen LogP contribution in [0.4, 0.5) is 0 Å². The quantitative estimate of drug-likeness (QED) is 0.125. The van der Waals surface area contributed by atoms with E-state index in [0.717, 1.165) is 0 Å². The minimum Gasteiger partial charge on any atom is -0.477 e. The standard InChI is InChI=1S/C27H40N10O7S/c1-13-21-20(14(2)32-19(39)11-36-12-31-33-34-36)26(42)37(21)22(27(43)44)23(13)45-17-7-18(29-10-17)25(41)35-5-3-15(4-6-35)24(40)30-9-16(38)8-28/h12-18,20-21,29,38H,3-11,28H2,1-2H3,(H,30,40)(H,32,39)(H,43,44)/t13-,14-,16?,17+,18+,20-,21?/m1/s1. The number of aliphatic hydroxyl groups is 1. The normalized spacial score (nSPS) is 28.0. The van der Waals surface area contributed by atoms with Gasteiger partial charge in [0, 0.05) is 60.8 Å². The summed E-state index contributed by atoms with van der Waals surface area (Å²) < 4.78 is 1.26. The third-order valence-corrected chi connectivity index (χ3v) is 10.6. The van der Waals surface area contributed by atoms with Crippen molar-refractivity contribution in [2.45, 2.75) is 69.1 Å². The van der Waals surface area contributed by atoms with Crippen LogP contribution in [0.2, 0.25) is 0 Å². The van der Waals surface area contributed by atoms with Gasteiger partial charge < -0.3 is 41.7 Å². The summed E-state index contributed by atoms with van der Waals surface area (Å²) in [6.45, 7) is 5.08. The molecule has 3 saturated heterocycles. The highest BCUT2D eigenvalue weighted by molar-refractivity contribution is 8.03. The summed E-state index contributed by atoms with van der Waals surface area (Å²) in [5.74, 6) is -3.18. The molecule has 0 radical (unpaired) electrons. The first-order valence-electron chi connectivity index (χ1n) is 15.1. The van der Waals surface area contributed by atoms with Gasteiger partial charge in [-0.05, 0) is 36.6 Å². The van der Waals surface area contributed by atoms with Crippen LogP contribution in [0.1, 0.15) is 33.1 Å². The highest BCUT2D eigenvalue weighted by Crippen LogP contribution is 2.51. The number of carboxylic acids is 1. The Morgan fingerprint density at radius 1 is 1.24 bits per heavy atom. The lowest BCUT2D eigenvalue weighted by Gasteiger charge is -2.47. The number of amides is 4. The van der Waals surface area contributed by atoms with E-state index in [2.05, 4.69) is 31.5 Å². The number of fused-ring (bicyclic) bond motifs is 1. The second kappa shape index (κ2) is 13.8. The highest BCUT2D eigenvalue weighted by atomic mass is 32.2. The molecule has 7 atom stereocenters. The number of aromatic nitrogens is 4.